The zero-order valence-corrected chi connectivity index (χ0v) is 26.1. The lowest BCUT2D eigenvalue weighted by Crippen LogP contribution is -2.49. The molecule has 0 aliphatic carbocycles. The van der Waals surface area contributed by atoms with Crippen molar-refractivity contribution < 1.29 is 38.5 Å². The fraction of sp³-hybridized carbons (Fsp3) is 0.324. The second-order valence-electron chi connectivity index (χ2n) is 11.1. The van der Waals surface area contributed by atoms with Gasteiger partial charge in [-0.15, -0.1) is 0 Å². The summed E-state index contributed by atoms with van der Waals surface area (Å²) in [4.78, 5) is 56.9. The Bertz CT molecular complexity index is 1760. The average molecular weight is 629 g/mol. The number of likely N-dealkylation sites (N-methyl/N-ethyl adjacent to an activating group) is 1. The zero-order valence-electron chi connectivity index (χ0n) is 26.1. The number of amides is 2. The van der Waals surface area contributed by atoms with E-state index >= 15 is 0 Å². The number of hydrogen-bond acceptors (Lipinski definition) is 10. The summed E-state index contributed by atoms with van der Waals surface area (Å²) in [6.07, 6.45) is 1.97. The van der Waals surface area contributed by atoms with Gasteiger partial charge in [0.05, 0.1) is 30.0 Å². The number of rotatable bonds is 10. The number of aromatic hydroxyl groups is 1. The van der Waals surface area contributed by atoms with E-state index in [9.17, 15) is 24.3 Å². The molecule has 2 aliphatic rings. The van der Waals surface area contributed by atoms with Gasteiger partial charge < -0.3 is 34.9 Å². The van der Waals surface area contributed by atoms with Crippen molar-refractivity contribution in [3.63, 3.8) is 0 Å². The fourth-order valence-corrected chi connectivity index (χ4v) is 5.85. The van der Waals surface area contributed by atoms with E-state index in [1.807, 2.05) is 6.92 Å². The highest BCUT2D eigenvalue weighted by atomic mass is 16.7. The van der Waals surface area contributed by atoms with Crippen molar-refractivity contribution in [3.8, 4) is 5.75 Å². The van der Waals surface area contributed by atoms with Crippen molar-refractivity contribution in [2.24, 2.45) is 0 Å². The highest BCUT2D eigenvalue weighted by molar-refractivity contribution is 5.94. The van der Waals surface area contributed by atoms with Gasteiger partial charge in [0.15, 0.2) is 0 Å². The number of fused-ring (bicyclic) bond motifs is 2. The molecular formula is C34H36N4O8. The van der Waals surface area contributed by atoms with Crippen LogP contribution in [0.1, 0.15) is 49.6 Å². The molecule has 12 nitrogen and oxygen atoms in total. The Kier molecular flexibility index (Phi) is 9.38. The molecule has 46 heavy (non-hydrogen) atoms. The highest BCUT2D eigenvalue weighted by Crippen LogP contribution is 2.41. The number of hydrogen-bond donors (Lipinski definition) is 3. The summed E-state index contributed by atoms with van der Waals surface area (Å²) in [5.41, 5.74) is 3.87. The number of pyridine rings is 1. The summed E-state index contributed by atoms with van der Waals surface area (Å²) in [5, 5.41) is 16.4. The number of nitrogens with zero attached hydrogens (tertiary/aromatic N) is 2. The van der Waals surface area contributed by atoms with E-state index < -0.39 is 17.7 Å². The molecular weight excluding hydrogens is 592 g/mol. The first-order chi connectivity index (χ1) is 22.1. The average Bonchev–Trinajstić information content (AvgIpc) is 3.39. The maximum atomic E-state index is 13.4. The molecule has 0 unspecified atom stereocenters. The van der Waals surface area contributed by atoms with E-state index in [1.54, 1.807) is 69.4 Å². The summed E-state index contributed by atoms with van der Waals surface area (Å²) >= 11 is 0. The van der Waals surface area contributed by atoms with Gasteiger partial charge in [0.1, 0.15) is 19.0 Å². The molecule has 2 aliphatic heterocycles. The summed E-state index contributed by atoms with van der Waals surface area (Å²) in [5.74, 6) is -0.826. The van der Waals surface area contributed by atoms with Crippen LogP contribution < -0.4 is 10.6 Å². The number of aryl methyl sites for hydroxylation is 1. The van der Waals surface area contributed by atoms with Crippen LogP contribution >= 0.6 is 0 Å². The summed E-state index contributed by atoms with van der Waals surface area (Å²) in [6.45, 7) is 5.72. The van der Waals surface area contributed by atoms with Crippen LogP contribution in [-0.4, -0.2) is 65.2 Å². The topological polar surface area (TPSA) is 156 Å². The van der Waals surface area contributed by atoms with E-state index in [-0.39, 0.29) is 44.4 Å². The number of aromatic nitrogens is 1. The Morgan fingerprint density at radius 3 is 2.61 bits per heavy atom. The first-order valence-electron chi connectivity index (χ1n) is 15.0. The molecule has 1 aromatic heterocycles. The Labute approximate surface area is 266 Å². The highest BCUT2D eigenvalue weighted by Gasteiger charge is 2.50. The minimum Gasteiger partial charge on any atom is -0.508 e. The third-order valence-electron chi connectivity index (χ3n) is 8.16. The number of anilines is 1. The van der Waals surface area contributed by atoms with Crippen LogP contribution in [0.4, 0.5) is 10.5 Å². The molecule has 0 fully saturated rings. The van der Waals surface area contributed by atoms with Crippen LogP contribution in [0.2, 0.25) is 0 Å². The van der Waals surface area contributed by atoms with Crippen LogP contribution in [0.3, 0.4) is 0 Å². The van der Waals surface area contributed by atoms with Gasteiger partial charge in [0.2, 0.25) is 17.9 Å². The summed E-state index contributed by atoms with van der Waals surface area (Å²) < 4.78 is 16.6. The monoisotopic (exact) mass is 628 g/mol. The minimum absolute atomic E-state index is 0.0199. The molecule has 2 amide bonds. The lowest BCUT2D eigenvalue weighted by atomic mass is 9.84. The van der Waals surface area contributed by atoms with Gasteiger partial charge in [-0.2, -0.15) is 0 Å². The molecule has 3 aromatic rings. The second kappa shape index (κ2) is 13.4. The van der Waals surface area contributed by atoms with E-state index in [4.69, 9.17) is 19.2 Å². The first-order valence-corrected chi connectivity index (χ1v) is 15.0. The lowest BCUT2D eigenvalue weighted by Gasteiger charge is -2.35. The van der Waals surface area contributed by atoms with Gasteiger partial charge >= 0.3 is 12.1 Å². The van der Waals surface area contributed by atoms with Gasteiger partial charge in [-0.25, -0.2) is 14.6 Å². The quantitative estimate of drug-likeness (QED) is 0.218. The van der Waals surface area contributed by atoms with Crippen LogP contribution in [0.25, 0.3) is 16.6 Å². The number of carbonyl (C=O) groups excluding carboxylic acids is 4. The molecule has 0 spiro atoms. The Morgan fingerprint density at radius 1 is 1.17 bits per heavy atom. The Morgan fingerprint density at radius 2 is 1.93 bits per heavy atom. The maximum absolute atomic E-state index is 13.4. The number of nitrogens with one attached hydrogen (secondary N) is 2. The molecule has 0 saturated carbocycles. The van der Waals surface area contributed by atoms with Crippen molar-refractivity contribution in [2.75, 3.05) is 25.5 Å². The normalized spacial score (nSPS) is 18.4. The summed E-state index contributed by atoms with van der Waals surface area (Å²) in [6, 6.07) is 11.7. The predicted octanol–water partition coefficient (Wildman–Crippen LogP) is 4.35. The van der Waals surface area contributed by atoms with Crippen molar-refractivity contribution in [1.82, 2.24) is 15.2 Å². The smallest absolute Gasteiger partial charge is 0.508 e. The van der Waals surface area contributed by atoms with Crippen molar-refractivity contribution >= 4 is 46.7 Å². The third kappa shape index (κ3) is 6.16. The molecule has 3 N–H and O–H groups in total. The van der Waals surface area contributed by atoms with Crippen LogP contribution in [-0.2, 0) is 48.2 Å². The van der Waals surface area contributed by atoms with E-state index in [2.05, 4.69) is 10.6 Å². The molecule has 3 heterocycles. The Balaban J connectivity index is 1.44. The number of benzene rings is 2. The first kappa shape index (κ1) is 32.2. The standard InChI is InChI=1S/C34H36N4O8/c1-5-24-25-13-23(40)11-12-28(25)37-31-26(24)16-38(19-39)29(31)14-27-20(3)17-44-32(42)34(27,6-2)46-33(43)45-18-21-7-9-22(10-8-21)36-30(41)15-35-4/h7-14,19,35,40H,5-6,15-18H2,1-4H3,(H,36,41)/b29-14-/t34-/m0/s1. The van der Waals surface area contributed by atoms with Crippen LogP contribution in [0.15, 0.2) is 59.7 Å². The van der Waals surface area contributed by atoms with Gasteiger partial charge in [-0.1, -0.05) is 26.0 Å². The lowest BCUT2D eigenvalue weighted by molar-refractivity contribution is -0.165. The number of ether oxygens (including phenoxy) is 3. The van der Waals surface area contributed by atoms with E-state index in [0.29, 0.717) is 52.1 Å². The molecule has 2 aromatic carbocycles. The van der Waals surface area contributed by atoms with Crippen molar-refractivity contribution in [1.29, 1.82) is 0 Å². The Hall–Kier alpha value is -5.23. The predicted molar refractivity (Wildman–Crippen MR) is 169 cm³/mol. The number of cyclic esters (lactones) is 1. The molecule has 0 saturated heterocycles. The van der Waals surface area contributed by atoms with Crippen molar-refractivity contribution in [3.05, 3.63) is 82.1 Å². The summed E-state index contributed by atoms with van der Waals surface area (Å²) in [7, 11) is 1.67. The van der Waals surface area contributed by atoms with Gasteiger partial charge in [-0.3, -0.25) is 9.59 Å². The number of carbonyl (C=O) groups is 4. The van der Waals surface area contributed by atoms with Crippen LogP contribution in [0, 0.1) is 0 Å². The van der Waals surface area contributed by atoms with Gasteiger partial charge in [-0.05, 0) is 79.9 Å². The second-order valence-corrected chi connectivity index (χ2v) is 11.1. The largest absolute Gasteiger partial charge is 0.510 e. The SMILES string of the molecule is CCc1c2c(nc3ccc(O)cc13)/C(=C/C1=C(C)COC(=O)[C@@]1(CC)OC(=O)OCc1ccc(NC(=O)CNC)cc1)N(C=O)C2. The molecule has 12 heteroatoms. The van der Waals surface area contributed by atoms with Gasteiger partial charge in [0.25, 0.3) is 0 Å². The van der Waals surface area contributed by atoms with E-state index in [1.165, 1.54) is 4.90 Å². The molecule has 5 rings (SSSR count). The number of esters is 1. The number of phenols is 1. The molecule has 240 valence electrons. The number of phenolic OH excluding ortho intramolecular Hbond substituents is 1. The molecule has 0 bridgehead atoms. The van der Waals surface area contributed by atoms with Gasteiger partial charge in [0, 0.05) is 22.2 Å². The zero-order chi connectivity index (χ0) is 33.0. The van der Waals surface area contributed by atoms with E-state index in [0.717, 1.165) is 16.5 Å². The van der Waals surface area contributed by atoms with Crippen LogP contribution in [0.5, 0.6) is 5.75 Å². The van der Waals surface area contributed by atoms with Crippen molar-refractivity contribution in [2.45, 2.75) is 52.4 Å². The molecule has 0 radical (unpaired) electrons. The third-order valence-corrected chi connectivity index (χ3v) is 8.16. The molecule has 1 atom stereocenters. The fourth-order valence-electron chi connectivity index (χ4n) is 5.85. The minimum atomic E-state index is -1.83. The maximum Gasteiger partial charge on any atom is 0.510 e.